The predicted octanol–water partition coefficient (Wildman–Crippen LogP) is 3.17. The van der Waals surface area contributed by atoms with Crippen LogP contribution in [0.2, 0.25) is 5.02 Å². The van der Waals surface area contributed by atoms with Crippen molar-refractivity contribution in [3.8, 4) is 0 Å². The molecule has 20 heavy (non-hydrogen) atoms. The fourth-order valence-corrected chi connectivity index (χ4v) is 3.65. The second-order valence-corrected chi connectivity index (χ2v) is 6.09. The van der Waals surface area contributed by atoms with E-state index in [0.717, 1.165) is 12.3 Å². The van der Waals surface area contributed by atoms with Gasteiger partial charge in [0.15, 0.2) is 0 Å². The maximum absolute atomic E-state index is 12.2. The molecule has 106 valence electrons. The molecule has 1 N–H and O–H groups in total. The summed E-state index contributed by atoms with van der Waals surface area (Å²) in [6, 6.07) is 4.38. The van der Waals surface area contributed by atoms with Gasteiger partial charge in [-0.25, -0.2) is 0 Å². The first-order valence-corrected chi connectivity index (χ1v) is 7.17. The van der Waals surface area contributed by atoms with Crippen molar-refractivity contribution in [1.29, 1.82) is 0 Å². The maximum atomic E-state index is 12.2. The molecule has 0 spiro atoms. The zero-order valence-electron chi connectivity index (χ0n) is 10.8. The number of carbonyl (C=O) groups is 1. The molecule has 0 aromatic heterocycles. The van der Waals surface area contributed by atoms with Crippen molar-refractivity contribution < 1.29 is 9.72 Å². The fraction of sp³-hybridized carbons (Fsp3) is 0.500. The SMILES string of the molecule is O=C(N[C@@H]1C[C@H]2CC[C@H]1C2)c1ccc(Cl)c([N+](=O)[O-])c1. The van der Waals surface area contributed by atoms with Gasteiger partial charge in [-0.2, -0.15) is 0 Å². The molecule has 0 aliphatic heterocycles. The Kier molecular flexibility index (Phi) is 3.38. The number of hydrogen-bond acceptors (Lipinski definition) is 3. The number of amides is 1. The summed E-state index contributed by atoms with van der Waals surface area (Å²) in [5.74, 6) is 1.07. The topological polar surface area (TPSA) is 72.2 Å². The lowest BCUT2D eigenvalue weighted by Crippen LogP contribution is -2.38. The lowest BCUT2D eigenvalue weighted by Gasteiger charge is -2.22. The van der Waals surface area contributed by atoms with Gasteiger partial charge in [-0.15, -0.1) is 0 Å². The third-order valence-electron chi connectivity index (χ3n) is 4.46. The van der Waals surface area contributed by atoms with E-state index in [4.69, 9.17) is 11.6 Å². The van der Waals surface area contributed by atoms with E-state index in [0.29, 0.717) is 11.5 Å². The number of nitro benzene ring substituents is 1. The van der Waals surface area contributed by atoms with E-state index in [2.05, 4.69) is 5.32 Å². The van der Waals surface area contributed by atoms with E-state index in [9.17, 15) is 14.9 Å². The summed E-state index contributed by atoms with van der Waals surface area (Å²) in [5, 5.41) is 13.9. The Bertz CT molecular complexity index is 576. The van der Waals surface area contributed by atoms with E-state index >= 15 is 0 Å². The third-order valence-corrected chi connectivity index (χ3v) is 4.78. The average molecular weight is 295 g/mol. The van der Waals surface area contributed by atoms with Crippen molar-refractivity contribution in [1.82, 2.24) is 5.32 Å². The average Bonchev–Trinajstić information content (AvgIpc) is 3.01. The van der Waals surface area contributed by atoms with Crippen LogP contribution in [0.4, 0.5) is 5.69 Å². The Morgan fingerprint density at radius 2 is 2.15 bits per heavy atom. The molecule has 0 unspecified atom stereocenters. The molecule has 3 atom stereocenters. The normalized spacial score (nSPS) is 27.6. The Balaban J connectivity index is 1.74. The smallest absolute Gasteiger partial charge is 0.288 e. The maximum Gasteiger partial charge on any atom is 0.288 e. The van der Waals surface area contributed by atoms with Crippen molar-refractivity contribution in [2.45, 2.75) is 31.7 Å². The molecule has 0 heterocycles. The first-order valence-electron chi connectivity index (χ1n) is 6.79. The molecule has 2 aliphatic rings. The molecular weight excluding hydrogens is 280 g/mol. The summed E-state index contributed by atoms with van der Waals surface area (Å²) in [6.07, 6.45) is 4.68. The van der Waals surface area contributed by atoms with Crippen molar-refractivity contribution >= 4 is 23.2 Å². The van der Waals surface area contributed by atoms with Gasteiger partial charge in [-0.1, -0.05) is 18.0 Å². The molecule has 1 aromatic rings. The number of benzene rings is 1. The Morgan fingerprint density at radius 3 is 2.75 bits per heavy atom. The van der Waals surface area contributed by atoms with E-state index in [1.165, 1.54) is 37.5 Å². The van der Waals surface area contributed by atoms with Gasteiger partial charge in [0.25, 0.3) is 11.6 Å². The largest absolute Gasteiger partial charge is 0.349 e. The number of rotatable bonds is 3. The molecule has 0 saturated heterocycles. The molecule has 2 aliphatic carbocycles. The minimum absolute atomic E-state index is 0.0477. The minimum atomic E-state index is -0.573. The van der Waals surface area contributed by atoms with E-state index in [1.54, 1.807) is 0 Å². The number of halogens is 1. The van der Waals surface area contributed by atoms with Crippen LogP contribution in [0.1, 0.15) is 36.0 Å². The molecule has 0 radical (unpaired) electrons. The number of nitro groups is 1. The minimum Gasteiger partial charge on any atom is -0.349 e. The molecular formula is C14H15ClN2O3. The lowest BCUT2D eigenvalue weighted by molar-refractivity contribution is -0.384. The molecule has 2 bridgehead atoms. The van der Waals surface area contributed by atoms with Crippen molar-refractivity contribution in [3.05, 3.63) is 38.9 Å². The summed E-state index contributed by atoms with van der Waals surface area (Å²) >= 11 is 5.74. The standard InChI is InChI=1S/C14H15ClN2O3/c15-11-4-3-10(7-13(11)17(19)20)14(18)16-12-6-8-1-2-9(12)5-8/h3-4,7-9,12H,1-2,5-6H2,(H,16,18)/t8-,9-,12+/m0/s1. The number of hydrogen-bond donors (Lipinski definition) is 1. The van der Waals surface area contributed by atoms with Gasteiger partial charge in [-0.3, -0.25) is 14.9 Å². The highest BCUT2D eigenvalue weighted by molar-refractivity contribution is 6.32. The predicted molar refractivity (Wildman–Crippen MR) is 74.8 cm³/mol. The Morgan fingerprint density at radius 1 is 1.35 bits per heavy atom. The van der Waals surface area contributed by atoms with Gasteiger partial charge in [0.2, 0.25) is 0 Å². The van der Waals surface area contributed by atoms with Gasteiger partial charge >= 0.3 is 0 Å². The third kappa shape index (κ3) is 2.38. The Labute approximate surface area is 121 Å². The van der Waals surface area contributed by atoms with Crippen molar-refractivity contribution in [2.24, 2.45) is 11.8 Å². The first kappa shape index (κ1) is 13.4. The number of fused-ring (bicyclic) bond motifs is 2. The Hall–Kier alpha value is -1.62. The summed E-state index contributed by atoms with van der Waals surface area (Å²) in [4.78, 5) is 22.4. The highest BCUT2D eigenvalue weighted by atomic mass is 35.5. The second-order valence-electron chi connectivity index (χ2n) is 5.68. The summed E-state index contributed by atoms with van der Waals surface area (Å²) < 4.78 is 0. The summed E-state index contributed by atoms with van der Waals surface area (Å²) in [5.41, 5.74) is 0.0659. The van der Waals surface area contributed by atoms with Crippen LogP contribution >= 0.6 is 11.6 Å². The van der Waals surface area contributed by atoms with E-state index in [1.807, 2.05) is 0 Å². The highest BCUT2D eigenvalue weighted by Crippen LogP contribution is 2.44. The zero-order chi connectivity index (χ0) is 14.3. The summed E-state index contributed by atoms with van der Waals surface area (Å²) in [6.45, 7) is 0. The van der Waals surface area contributed by atoms with Crippen LogP contribution in [-0.2, 0) is 0 Å². The molecule has 6 heteroatoms. The number of nitrogens with one attached hydrogen (secondary N) is 1. The molecule has 1 aromatic carbocycles. The molecule has 1 amide bonds. The van der Waals surface area contributed by atoms with Gasteiger partial charge in [0, 0.05) is 17.7 Å². The van der Waals surface area contributed by atoms with Gasteiger partial charge < -0.3 is 5.32 Å². The molecule has 5 nitrogen and oxygen atoms in total. The fourth-order valence-electron chi connectivity index (χ4n) is 3.47. The molecule has 3 rings (SSSR count). The monoisotopic (exact) mass is 294 g/mol. The van der Waals surface area contributed by atoms with Crippen LogP contribution in [0.3, 0.4) is 0 Å². The lowest BCUT2D eigenvalue weighted by atomic mass is 9.95. The zero-order valence-corrected chi connectivity index (χ0v) is 11.6. The second kappa shape index (κ2) is 5.05. The highest BCUT2D eigenvalue weighted by Gasteiger charge is 2.40. The van der Waals surface area contributed by atoms with Gasteiger partial charge in [-0.05, 0) is 43.2 Å². The van der Waals surface area contributed by atoms with Gasteiger partial charge in [0.05, 0.1) is 4.92 Å². The van der Waals surface area contributed by atoms with Crippen molar-refractivity contribution in [3.63, 3.8) is 0 Å². The number of nitrogens with zero attached hydrogens (tertiary/aromatic N) is 1. The van der Waals surface area contributed by atoms with E-state index < -0.39 is 4.92 Å². The number of carbonyl (C=O) groups excluding carboxylic acids is 1. The van der Waals surface area contributed by atoms with Crippen LogP contribution < -0.4 is 5.32 Å². The van der Waals surface area contributed by atoms with Crippen LogP contribution in [0.15, 0.2) is 18.2 Å². The van der Waals surface area contributed by atoms with Crippen LogP contribution in [0, 0.1) is 22.0 Å². The van der Waals surface area contributed by atoms with Crippen LogP contribution in [0.25, 0.3) is 0 Å². The first-order chi connectivity index (χ1) is 9.54. The van der Waals surface area contributed by atoms with Gasteiger partial charge in [0.1, 0.15) is 5.02 Å². The quantitative estimate of drug-likeness (QED) is 0.687. The molecule has 2 fully saturated rings. The molecule has 2 saturated carbocycles. The summed E-state index contributed by atoms with van der Waals surface area (Å²) in [7, 11) is 0. The van der Waals surface area contributed by atoms with E-state index in [-0.39, 0.29) is 22.7 Å². The van der Waals surface area contributed by atoms with Crippen LogP contribution in [0.5, 0.6) is 0 Å². The van der Waals surface area contributed by atoms with Crippen LogP contribution in [-0.4, -0.2) is 16.9 Å². The van der Waals surface area contributed by atoms with Crippen molar-refractivity contribution in [2.75, 3.05) is 0 Å².